The number of benzene rings is 1. The van der Waals surface area contributed by atoms with E-state index >= 15 is 0 Å². The van der Waals surface area contributed by atoms with Gasteiger partial charge in [0.05, 0.1) is 0 Å². The van der Waals surface area contributed by atoms with Gasteiger partial charge in [0.2, 0.25) is 0 Å². The zero-order valence-corrected chi connectivity index (χ0v) is 10.7. The SMILES string of the molecule is CSCC(C)Nc1noc(-c2ccccc2)n1. The predicted molar refractivity (Wildman–Crippen MR) is 71.2 cm³/mol. The molecule has 0 saturated heterocycles. The maximum atomic E-state index is 5.20. The molecule has 0 aliphatic rings. The van der Waals surface area contributed by atoms with E-state index in [4.69, 9.17) is 4.52 Å². The standard InChI is InChI=1S/C12H15N3OS/c1-9(8-17-2)13-12-14-11(16-15-12)10-6-4-3-5-7-10/h3-7,9H,8H2,1-2H3,(H,13,15). The third kappa shape index (κ3) is 3.23. The van der Waals surface area contributed by atoms with Crippen LogP contribution >= 0.6 is 11.8 Å². The van der Waals surface area contributed by atoms with Crippen molar-refractivity contribution in [1.82, 2.24) is 10.1 Å². The number of nitrogens with zero attached hydrogens (tertiary/aromatic N) is 2. The molecule has 1 aromatic heterocycles. The zero-order chi connectivity index (χ0) is 12.1. The fraction of sp³-hybridized carbons (Fsp3) is 0.333. The van der Waals surface area contributed by atoms with E-state index in [0.717, 1.165) is 11.3 Å². The number of nitrogens with one attached hydrogen (secondary N) is 1. The molecule has 2 rings (SSSR count). The summed E-state index contributed by atoms with van der Waals surface area (Å²) in [6, 6.07) is 10.1. The summed E-state index contributed by atoms with van der Waals surface area (Å²) in [6.45, 7) is 2.09. The van der Waals surface area contributed by atoms with E-state index in [1.54, 1.807) is 11.8 Å². The molecule has 1 unspecified atom stereocenters. The summed E-state index contributed by atoms with van der Waals surface area (Å²) in [4.78, 5) is 4.30. The van der Waals surface area contributed by atoms with Crippen LogP contribution in [0.2, 0.25) is 0 Å². The third-order valence-electron chi connectivity index (χ3n) is 2.24. The molecule has 1 atom stereocenters. The summed E-state index contributed by atoms with van der Waals surface area (Å²) < 4.78 is 5.20. The van der Waals surface area contributed by atoms with E-state index in [1.165, 1.54) is 0 Å². The highest BCUT2D eigenvalue weighted by Crippen LogP contribution is 2.18. The highest BCUT2D eigenvalue weighted by Gasteiger charge is 2.09. The molecule has 0 aliphatic heterocycles. The van der Waals surface area contributed by atoms with E-state index in [9.17, 15) is 0 Å². The van der Waals surface area contributed by atoms with Crippen LogP contribution in [0, 0.1) is 0 Å². The highest BCUT2D eigenvalue weighted by atomic mass is 32.2. The van der Waals surface area contributed by atoms with E-state index < -0.39 is 0 Å². The van der Waals surface area contributed by atoms with Gasteiger partial charge in [-0.15, -0.1) is 0 Å². The normalized spacial score (nSPS) is 12.4. The summed E-state index contributed by atoms with van der Waals surface area (Å²) >= 11 is 1.78. The van der Waals surface area contributed by atoms with Gasteiger partial charge in [-0.2, -0.15) is 16.7 Å². The molecule has 0 spiro atoms. The number of hydrogen-bond donors (Lipinski definition) is 1. The van der Waals surface area contributed by atoms with E-state index in [-0.39, 0.29) is 0 Å². The summed E-state index contributed by atoms with van der Waals surface area (Å²) in [5, 5.41) is 7.10. The van der Waals surface area contributed by atoms with Crippen LogP contribution in [-0.4, -0.2) is 28.2 Å². The Kier molecular flexibility index (Phi) is 4.03. The van der Waals surface area contributed by atoms with Gasteiger partial charge in [0.25, 0.3) is 11.8 Å². The Hall–Kier alpha value is -1.49. The molecule has 2 aromatic rings. The molecule has 1 heterocycles. The maximum Gasteiger partial charge on any atom is 0.263 e. The first-order chi connectivity index (χ1) is 8.29. The number of anilines is 1. The minimum Gasteiger partial charge on any atom is -0.348 e. The molecule has 0 saturated carbocycles. The van der Waals surface area contributed by atoms with Crippen molar-refractivity contribution in [2.45, 2.75) is 13.0 Å². The number of thioether (sulfide) groups is 1. The predicted octanol–water partition coefficient (Wildman–Crippen LogP) is 2.90. The Balaban J connectivity index is 2.06. The average Bonchev–Trinajstić information content (AvgIpc) is 2.79. The topological polar surface area (TPSA) is 51.0 Å². The van der Waals surface area contributed by atoms with Crippen molar-refractivity contribution in [2.24, 2.45) is 0 Å². The highest BCUT2D eigenvalue weighted by molar-refractivity contribution is 7.98. The smallest absolute Gasteiger partial charge is 0.263 e. The molecule has 0 aliphatic carbocycles. The van der Waals surface area contributed by atoms with Gasteiger partial charge in [-0.3, -0.25) is 0 Å². The molecule has 5 heteroatoms. The van der Waals surface area contributed by atoms with E-state index in [0.29, 0.717) is 17.9 Å². The van der Waals surface area contributed by atoms with Crippen LogP contribution in [0.25, 0.3) is 11.5 Å². The van der Waals surface area contributed by atoms with Crippen LogP contribution in [0.1, 0.15) is 6.92 Å². The molecule has 17 heavy (non-hydrogen) atoms. The van der Waals surface area contributed by atoms with Gasteiger partial charge in [0.1, 0.15) is 0 Å². The minimum atomic E-state index is 0.325. The fourth-order valence-corrected chi connectivity index (χ4v) is 2.08. The second kappa shape index (κ2) is 5.72. The van der Waals surface area contributed by atoms with Gasteiger partial charge in [-0.1, -0.05) is 18.2 Å². The molecule has 0 fully saturated rings. The molecule has 90 valence electrons. The van der Waals surface area contributed by atoms with Crippen molar-refractivity contribution in [3.63, 3.8) is 0 Å². The second-order valence-corrected chi connectivity index (χ2v) is 4.70. The Morgan fingerprint density at radius 1 is 1.35 bits per heavy atom. The Labute approximate surface area is 105 Å². The van der Waals surface area contributed by atoms with Gasteiger partial charge >= 0.3 is 0 Å². The van der Waals surface area contributed by atoms with Crippen LogP contribution < -0.4 is 5.32 Å². The van der Waals surface area contributed by atoms with Crippen molar-refractivity contribution in [1.29, 1.82) is 0 Å². The zero-order valence-electron chi connectivity index (χ0n) is 9.88. The summed E-state index contributed by atoms with van der Waals surface area (Å²) in [5.74, 6) is 2.10. The van der Waals surface area contributed by atoms with E-state index in [2.05, 4.69) is 28.6 Å². The molecular weight excluding hydrogens is 234 g/mol. The lowest BCUT2D eigenvalue weighted by molar-refractivity contribution is 0.432. The molecule has 1 N–H and O–H groups in total. The molecule has 1 aromatic carbocycles. The second-order valence-electron chi connectivity index (χ2n) is 3.79. The van der Waals surface area contributed by atoms with Crippen LogP contribution in [0.3, 0.4) is 0 Å². The summed E-state index contributed by atoms with van der Waals surface area (Å²) in [5.41, 5.74) is 0.936. The van der Waals surface area contributed by atoms with Crippen LogP contribution in [0.4, 0.5) is 5.95 Å². The number of hydrogen-bond acceptors (Lipinski definition) is 5. The quantitative estimate of drug-likeness (QED) is 0.883. The van der Waals surface area contributed by atoms with Gasteiger partial charge in [0.15, 0.2) is 0 Å². The number of rotatable bonds is 5. The van der Waals surface area contributed by atoms with Crippen molar-refractivity contribution in [3.8, 4) is 11.5 Å². The largest absolute Gasteiger partial charge is 0.348 e. The maximum absolute atomic E-state index is 5.20. The van der Waals surface area contributed by atoms with Crippen LogP contribution in [0.5, 0.6) is 0 Å². The first kappa shape index (κ1) is 12.0. The first-order valence-corrected chi connectivity index (χ1v) is 6.83. The minimum absolute atomic E-state index is 0.325. The lowest BCUT2D eigenvalue weighted by atomic mass is 10.2. The van der Waals surface area contributed by atoms with Crippen molar-refractivity contribution >= 4 is 17.7 Å². The van der Waals surface area contributed by atoms with E-state index in [1.807, 2.05) is 30.3 Å². The molecular formula is C12H15N3OS. The monoisotopic (exact) mass is 249 g/mol. The Morgan fingerprint density at radius 3 is 2.82 bits per heavy atom. The summed E-state index contributed by atoms with van der Waals surface area (Å²) in [6.07, 6.45) is 2.07. The van der Waals surface area contributed by atoms with Crippen molar-refractivity contribution in [2.75, 3.05) is 17.3 Å². The van der Waals surface area contributed by atoms with Gasteiger partial charge in [0, 0.05) is 17.4 Å². The van der Waals surface area contributed by atoms with Crippen LogP contribution in [-0.2, 0) is 0 Å². The molecule has 4 nitrogen and oxygen atoms in total. The van der Waals surface area contributed by atoms with Gasteiger partial charge in [-0.05, 0) is 30.5 Å². The lowest BCUT2D eigenvalue weighted by Crippen LogP contribution is -2.18. The number of aromatic nitrogens is 2. The molecule has 0 bridgehead atoms. The van der Waals surface area contributed by atoms with Gasteiger partial charge < -0.3 is 9.84 Å². The fourth-order valence-electron chi connectivity index (χ4n) is 1.49. The van der Waals surface area contributed by atoms with Crippen molar-refractivity contribution < 1.29 is 4.52 Å². The summed E-state index contributed by atoms with van der Waals surface area (Å²) in [7, 11) is 0. The first-order valence-electron chi connectivity index (χ1n) is 5.44. The lowest BCUT2D eigenvalue weighted by Gasteiger charge is -2.08. The molecule has 0 radical (unpaired) electrons. The Bertz CT molecular complexity index is 458. The average molecular weight is 249 g/mol. The van der Waals surface area contributed by atoms with Crippen LogP contribution in [0.15, 0.2) is 34.9 Å². The molecule has 0 amide bonds. The van der Waals surface area contributed by atoms with Crippen molar-refractivity contribution in [3.05, 3.63) is 30.3 Å². The van der Waals surface area contributed by atoms with Gasteiger partial charge in [-0.25, -0.2) is 0 Å². The Morgan fingerprint density at radius 2 is 2.12 bits per heavy atom. The third-order valence-corrected chi connectivity index (χ3v) is 3.07.